The maximum absolute atomic E-state index is 13.9. The molecule has 2 fully saturated rings. The molecule has 3 aliphatic heterocycles. The van der Waals surface area contributed by atoms with Crippen LogP contribution in [0.5, 0.6) is 17.2 Å². The molecule has 2 N–H and O–H groups in total. The fourth-order valence-electron chi connectivity index (χ4n) is 6.22. The molecule has 3 heterocycles. The first-order valence-electron chi connectivity index (χ1n) is 16.7. The van der Waals surface area contributed by atoms with E-state index in [4.69, 9.17) is 28.4 Å². The van der Waals surface area contributed by atoms with Gasteiger partial charge in [0.15, 0.2) is 17.8 Å². The fraction of sp³-hybridized carbons (Fsp3) is 0.472. The molecule has 50 heavy (non-hydrogen) atoms. The minimum atomic E-state index is -4.07. The standard InChI is InChI=1S/C36H44N2O10S2/c1-23(2)18-38(50(41,42)28-12-13-32-33(17-28)47-22-46-32)19-31(39)30(37-36(40)48-34-21-45-35-29(34)14-15-43-35)16-24-4-8-26(9-5-24)44-20-25-6-10-27(49-3)11-7-25/h4-13,17,23,29-31,34-35,39H,14-16,18-22H2,1-3H3,(H,37,40). The Bertz CT molecular complexity index is 1700. The predicted molar refractivity (Wildman–Crippen MR) is 186 cm³/mol. The van der Waals surface area contributed by atoms with Crippen LogP contribution in [0.15, 0.2) is 76.5 Å². The normalized spacial score (nSPS) is 20.9. The minimum Gasteiger partial charge on any atom is -0.489 e. The summed E-state index contributed by atoms with van der Waals surface area (Å²) in [5.74, 6) is 1.35. The van der Waals surface area contributed by atoms with Gasteiger partial charge in [-0.05, 0) is 72.5 Å². The van der Waals surface area contributed by atoms with Gasteiger partial charge in [0.05, 0.1) is 36.2 Å². The number of carbonyl (C=O) groups excluding carboxylic acids is 1. The van der Waals surface area contributed by atoms with Gasteiger partial charge in [0.2, 0.25) is 16.8 Å². The van der Waals surface area contributed by atoms with E-state index in [1.165, 1.54) is 21.3 Å². The number of hydrogen-bond donors (Lipinski definition) is 2. The zero-order valence-electron chi connectivity index (χ0n) is 28.4. The van der Waals surface area contributed by atoms with E-state index in [1.54, 1.807) is 17.8 Å². The van der Waals surface area contributed by atoms with E-state index in [-0.39, 0.29) is 49.6 Å². The van der Waals surface area contributed by atoms with E-state index in [1.807, 2.05) is 56.5 Å². The van der Waals surface area contributed by atoms with Crippen molar-refractivity contribution in [2.24, 2.45) is 11.8 Å². The van der Waals surface area contributed by atoms with Gasteiger partial charge < -0.3 is 38.8 Å². The fourth-order valence-corrected chi connectivity index (χ4v) is 8.26. The summed E-state index contributed by atoms with van der Waals surface area (Å²) >= 11 is 1.68. The Hall–Kier alpha value is -3.53. The van der Waals surface area contributed by atoms with Crippen LogP contribution in [0.1, 0.15) is 31.4 Å². The van der Waals surface area contributed by atoms with Crippen LogP contribution in [0.25, 0.3) is 0 Å². The van der Waals surface area contributed by atoms with Crippen LogP contribution in [-0.4, -0.2) is 87.8 Å². The molecule has 0 aliphatic carbocycles. The Morgan fingerprint density at radius 1 is 1.00 bits per heavy atom. The van der Waals surface area contributed by atoms with Crippen molar-refractivity contribution >= 4 is 27.9 Å². The molecule has 5 unspecified atom stereocenters. The van der Waals surface area contributed by atoms with Gasteiger partial charge in [-0.3, -0.25) is 0 Å². The van der Waals surface area contributed by atoms with Crippen LogP contribution in [0, 0.1) is 11.8 Å². The number of carbonyl (C=O) groups is 1. The lowest BCUT2D eigenvalue weighted by molar-refractivity contribution is -0.0907. The number of aliphatic hydroxyl groups excluding tert-OH is 1. The third-order valence-corrected chi connectivity index (χ3v) is 11.5. The van der Waals surface area contributed by atoms with Crippen molar-refractivity contribution in [2.75, 3.05) is 39.4 Å². The molecule has 0 radical (unpaired) electrons. The van der Waals surface area contributed by atoms with Crippen molar-refractivity contribution in [3.63, 3.8) is 0 Å². The van der Waals surface area contributed by atoms with Crippen LogP contribution in [0.2, 0.25) is 0 Å². The third kappa shape index (κ3) is 8.85. The van der Waals surface area contributed by atoms with Crippen LogP contribution in [0.4, 0.5) is 4.79 Å². The Labute approximate surface area is 297 Å². The smallest absolute Gasteiger partial charge is 0.407 e. The Balaban J connectivity index is 1.17. The van der Waals surface area contributed by atoms with E-state index >= 15 is 0 Å². The summed E-state index contributed by atoms with van der Waals surface area (Å²) in [6.45, 7) is 4.83. The summed E-state index contributed by atoms with van der Waals surface area (Å²) in [6.07, 6.45) is 0.0402. The first-order chi connectivity index (χ1) is 24.1. The molecule has 270 valence electrons. The largest absolute Gasteiger partial charge is 0.489 e. The SMILES string of the molecule is CSc1ccc(COc2ccc(CC(NC(=O)OC3COC4OCCC34)C(O)CN(CC(C)C)S(=O)(=O)c3ccc4c(c3)OCO4)cc2)cc1. The number of benzene rings is 3. The molecule has 3 aromatic rings. The molecule has 3 aliphatic rings. The van der Waals surface area contributed by atoms with Gasteiger partial charge in [0.25, 0.3) is 0 Å². The lowest BCUT2D eigenvalue weighted by atomic mass is 10.0. The summed E-state index contributed by atoms with van der Waals surface area (Å²) in [6, 6.07) is 19.1. The summed E-state index contributed by atoms with van der Waals surface area (Å²) in [5, 5.41) is 14.5. The number of rotatable bonds is 15. The topological polar surface area (TPSA) is 142 Å². The number of nitrogens with zero attached hydrogens (tertiary/aromatic N) is 1. The maximum Gasteiger partial charge on any atom is 0.407 e. The third-order valence-electron chi connectivity index (χ3n) is 8.90. The number of fused-ring (bicyclic) bond motifs is 2. The molecular formula is C36H44N2O10S2. The predicted octanol–water partition coefficient (Wildman–Crippen LogP) is 4.82. The first-order valence-corrected chi connectivity index (χ1v) is 19.4. The molecule has 5 atom stereocenters. The Kier molecular flexibility index (Phi) is 11.8. The highest BCUT2D eigenvalue weighted by atomic mass is 32.2. The summed E-state index contributed by atoms with van der Waals surface area (Å²) < 4.78 is 62.8. The van der Waals surface area contributed by atoms with Crippen molar-refractivity contribution < 1.29 is 46.7 Å². The minimum absolute atomic E-state index is 0.0113. The van der Waals surface area contributed by atoms with E-state index in [0.29, 0.717) is 36.9 Å². The van der Waals surface area contributed by atoms with E-state index < -0.39 is 40.7 Å². The number of nitrogens with one attached hydrogen (secondary N) is 1. The molecule has 0 aromatic heterocycles. The van der Waals surface area contributed by atoms with E-state index in [2.05, 4.69) is 17.4 Å². The Morgan fingerprint density at radius 3 is 2.48 bits per heavy atom. The monoisotopic (exact) mass is 728 g/mol. The quantitative estimate of drug-likeness (QED) is 0.208. The highest BCUT2D eigenvalue weighted by Gasteiger charge is 2.44. The number of thioether (sulfide) groups is 1. The lowest BCUT2D eigenvalue weighted by Gasteiger charge is -2.31. The summed E-state index contributed by atoms with van der Waals surface area (Å²) in [4.78, 5) is 14.5. The number of hydrogen-bond acceptors (Lipinski definition) is 11. The van der Waals surface area contributed by atoms with Crippen LogP contribution in [-0.2, 0) is 37.3 Å². The van der Waals surface area contributed by atoms with Crippen molar-refractivity contribution in [3.8, 4) is 17.2 Å². The summed E-state index contributed by atoms with van der Waals surface area (Å²) in [7, 11) is -4.07. The molecule has 0 spiro atoms. The number of sulfonamides is 1. The van der Waals surface area contributed by atoms with Crippen molar-refractivity contribution in [2.45, 2.75) is 67.6 Å². The zero-order valence-corrected chi connectivity index (χ0v) is 30.0. The highest BCUT2D eigenvalue weighted by Crippen LogP contribution is 2.35. The average molecular weight is 729 g/mol. The van der Waals surface area contributed by atoms with Crippen molar-refractivity contribution in [1.82, 2.24) is 9.62 Å². The number of alkyl carbamates (subject to hydrolysis) is 1. The highest BCUT2D eigenvalue weighted by molar-refractivity contribution is 7.98. The van der Waals surface area contributed by atoms with Crippen molar-refractivity contribution in [3.05, 3.63) is 77.9 Å². The van der Waals surface area contributed by atoms with Gasteiger partial charge in [0, 0.05) is 24.1 Å². The van der Waals surface area contributed by atoms with E-state index in [9.17, 15) is 18.3 Å². The molecule has 14 heteroatoms. The van der Waals surface area contributed by atoms with Gasteiger partial charge in [-0.2, -0.15) is 4.31 Å². The lowest BCUT2D eigenvalue weighted by Crippen LogP contribution is -2.51. The van der Waals surface area contributed by atoms with Crippen molar-refractivity contribution in [1.29, 1.82) is 0 Å². The van der Waals surface area contributed by atoms with Crippen LogP contribution in [0.3, 0.4) is 0 Å². The molecule has 12 nitrogen and oxygen atoms in total. The zero-order chi connectivity index (χ0) is 35.3. The number of amides is 1. The van der Waals surface area contributed by atoms with Gasteiger partial charge in [0.1, 0.15) is 18.5 Å². The molecular weight excluding hydrogens is 685 g/mol. The molecule has 6 rings (SSSR count). The number of aliphatic hydroxyl groups is 1. The maximum atomic E-state index is 13.9. The van der Waals surface area contributed by atoms with Gasteiger partial charge in [-0.25, -0.2) is 13.2 Å². The summed E-state index contributed by atoms with van der Waals surface area (Å²) in [5.41, 5.74) is 1.84. The molecule has 0 bridgehead atoms. The van der Waals surface area contributed by atoms with Gasteiger partial charge >= 0.3 is 6.09 Å². The van der Waals surface area contributed by atoms with Crippen LogP contribution < -0.4 is 19.5 Å². The van der Waals surface area contributed by atoms with Gasteiger partial charge in [-0.1, -0.05) is 38.1 Å². The second kappa shape index (κ2) is 16.2. The average Bonchev–Trinajstić information content (AvgIpc) is 3.86. The molecule has 2 saturated heterocycles. The molecule has 1 amide bonds. The second-order valence-electron chi connectivity index (χ2n) is 13.0. The molecule has 0 saturated carbocycles. The first kappa shape index (κ1) is 36.3. The number of ether oxygens (including phenoxy) is 6. The van der Waals surface area contributed by atoms with Gasteiger partial charge in [-0.15, -0.1) is 11.8 Å². The van der Waals surface area contributed by atoms with Crippen LogP contribution >= 0.6 is 11.8 Å². The Morgan fingerprint density at radius 2 is 1.74 bits per heavy atom. The second-order valence-corrected chi connectivity index (χ2v) is 15.8. The van der Waals surface area contributed by atoms with E-state index in [0.717, 1.165) is 11.1 Å². The molecule has 3 aromatic carbocycles.